The standard InChI is InChI=1S/C12H15N3O/c1-13-12(9-5-14-6-9)8-2-3-10-11(4-8)16-7-15-10/h2-4,7,9,12-14H,5-6H2,1H3. The number of oxazole rings is 1. The summed E-state index contributed by atoms with van der Waals surface area (Å²) in [4.78, 5) is 4.12. The van der Waals surface area contributed by atoms with E-state index in [-0.39, 0.29) is 0 Å². The van der Waals surface area contributed by atoms with E-state index >= 15 is 0 Å². The van der Waals surface area contributed by atoms with Gasteiger partial charge < -0.3 is 15.1 Å². The normalized spacial score (nSPS) is 18.6. The number of hydrogen-bond donors (Lipinski definition) is 2. The van der Waals surface area contributed by atoms with E-state index in [1.807, 2.05) is 13.1 Å². The average Bonchev–Trinajstić information content (AvgIpc) is 2.69. The number of benzene rings is 1. The molecule has 4 nitrogen and oxygen atoms in total. The van der Waals surface area contributed by atoms with Crippen molar-refractivity contribution in [2.24, 2.45) is 5.92 Å². The van der Waals surface area contributed by atoms with E-state index in [1.165, 1.54) is 12.0 Å². The molecule has 16 heavy (non-hydrogen) atoms. The van der Waals surface area contributed by atoms with Crippen molar-refractivity contribution < 1.29 is 4.42 Å². The summed E-state index contributed by atoms with van der Waals surface area (Å²) in [7, 11) is 2.01. The summed E-state index contributed by atoms with van der Waals surface area (Å²) in [6, 6.07) is 6.63. The molecule has 1 fully saturated rings. The molecule has 0 radical (unpaired) electrons. The molecule has 2 N–H and O–H groups in total. The predicted molar refractivity (Wildman–Crippen MR) is 62.2 cm³/mol. The monoisotopic (exact) mass is 217 g/mol. The first-order valence-electron chi connectivity index (χ1n) is 5.59. The topological polar surface area (TPSA) is 50.1 Å². The maximum Gasteiger partial charge on any atom is 0.181 e. The third-order valence-electron chi connectivity index (χ3n) is 3.31. The zero-order valence-electron chi connectivity index (χ0n) is 9.23. The molecule has 1 unspecified atom stereocenters. The number of aromatic nitrogens is 1. The van der Waals surface area contributed by atoms with Gasteiger partial charge in [0.05, 0.1) is 0 Å². The van der Waals surface area contributed by atoms with Gasteiger partial charge in [0.2, 0.25) is 0 Å². The summed E-state index contributed by atoms with van der Waals surface area (Å²) in [5.41, 5.74) is 3.06. The average molecular weight is 217 g/mol. The van der Waals surface area contributed by atoms with Crippen LogP contribution in [0, 0.1) is 5.92 Å². The molecular formula is C12H15N3O. The van der Waals surface area contributed by atoms with E-state index in [4.69, 9.17) is 4.42 Å². The Kier molecular flexibility index (Phi) is 2.38. The molecule has 3 rings (SSSR count). The van der Waals surface area contributed by atoms with Crippen molar-refractivity contribution >= 4 is 11.1 Å². The molecule has 2 aromatic rings. The number of fused-ring (bicyclic) bond motifs is 1. The largest absolute Gasteiger partial charge is 0.443 e. The molecule has 0 spiro atoms. The van der Waals surface area contributed by atoms with Crippen LogP contribution in [0.4, 0.5) is 0 Å². The van der Waals surface area contributed by atoms with Crippen LogP contribution in [-0.4, -0.2) is 25.1 Å². The van der Waals surface area contributed by atoms with E-state index in [0.717, 1.165) is 24.2 Å². The Balaban J connectivity index is 1.95. The third-order valence-corrected chi connectivity index (χ3v) is 3.31. The number of rotatable bonds is 3. The summed E-state index contributed by atoms with van der Waals surface area (Å²) in [5.74, 6) is 0.672. The molecule has 1 saturated heterocycles. The molecule has 1 aromatic heterocycles. The van der Waals surface area contributed by atoms with Crippen molar-refractivity contribution in [2.75, 3.05) is 20.1 Å². The molecule has 4 heteroatoms. The highest BCUT2D eigenvalue weighted by molar-refractivity contribution is 5.72. The van der Waals surface area contributed by atoms with Crippen LogP contribution in [0.15, 0.2) is 29.0 Å². The van der Waals surface area contributed by atoms with E-state index in [9.17, 15) is 0 Å². The third kappa shape index (κ3) is 1.50. The minimum atomic E-state index is 0.399. The Labute approximate surface area is 94.0 Å². The van der Waals surface area contributed by atoms with Crippen LogP contribution < -0.4 is 10.6 Å². The van der Waals surface area contributed by atoms with Gasteiger partial charge in [-0.1, -0.05) is 6.07 Å². The number of hydrogen-bond acceptors (Lipinski definition) is 4. The van der Waals surface area contributed by atoms with Crippen LogP contribution in [0.5, 0.6) is 0 Å². The number of nitrogens with zero attached hydrogens (tertiary/aromatic N) is 1. The van der Waals surface area contributed by atoms with Crippen molar-refractivity contribution in [3.8, 4) is 0 Å². The Morgan fingerprint density at radius 1 is 1.50 bits per heavy atom. The first-order valence-corrected chi connectivity index (χ1v) is 5.59. The SMILES string of the molecule is CNC(c1ccc2ncoc2c1)C1CNC1. The fourth-order valence-corrected chi connectivity index (χ4v) is 2.29. The summed E-state index contributed by atoms with van der Waals surface area (Å²) < 4.78 is 5.33. The molecule has 2 heterocycles. The highest BCUT2D eigenvalue weighted by Gasteiger charge is 2.27. The Morgan fingerprint density at radius 3 is 3.06 bits per heavy atom. The van der Waals surface area contributed by atoms with E-state index < -0.39 is 0 Å². The highest BCUT2D eigenvalue weighted by Crippen LogP contribution is 2.27. The van der Waals surface area contributed by atoms with Gasteiger partial charge in [-0.2, -0.15) is 0 Å². The van der Waals surface area contributed by atoms with Crippen LogP contribution in [0.3, 0.4) is 0 Å². The molecular weight excluding hydrogens is 202 g/mol. The predicted octanol–water partition coefficient (Wildman–Crippen LogP) is 1.31. The van der Waals surface area contributed by atoms with Crippen LogP contribution in [0.25, 0.3) is 11.1 Å². The van der Waals surface area contributed by atoms with Crippen LogP contribution in [-0.2, 0) is 0 Å². The minimum Gasteiger partial charge on any atom is -0.443 e. The van der Waals surface area contributed by atoms with Gasteiger partial charge in [0, 0.05) is 25.0 Å². The zero-order chi connectivity index (χ0) is 11.0. The molecule has 1 aliphatic heterocycles. The maximum absolute atomic E-state index is 5.33. The highest BCUT2D eigenvalue weighted by atomic mass is 16.3. The Hall–Kier alpha value is -1.39. The van der Waals surface area contributed by atoms with Gasteiger partial charge in [-0.05, 0) is 24.7 Å². The lowest BCUT2D eigenvalue weighted by molar-refractivity contribution is 0.268. The van der Waals surface area contributed by atoms with E-state index in [2.05, 4.69) is 27.8 Å². The van der Waals surface area contributed by atoms with Crippen LogP contribution in [0.2, 0.25) is 0 Å². The van der Waals surface area contributed by atoms with Crippen molar-refractivity contribution in [3.63, 3.8) is 0 Å². The van der Waals surface area contributed by atoms with E-state index in [1.54, 1.807) is 0 Å². The van der Waals surface area contributed by atoms with E-state index in [0.29, 0.717) is 12.0 Å². The molecule has 1 aliphatic rings. The van der Waals surface area contributed by atoms with Gasteiger partial charge in [0.25, 0.3) is 0 Å². The second-order valence-corrected chi connectivity index (χ2v) is 4.26. The smallest absolute Gasteiger partial charge is 0.181 e. The fraction of sp³-hybridized carbons (Fsp3) is 0.417. The zero-order valence-corrected chi connectivity index (χ0v) is 9.23. The molecule has 0 amide bonds. The molecule has 84 valence electrons. The molecule has 1 atom stereocenters. The Morgan fingerprint density at radius 2 is 2.38 bits per heavy atom. The summed E-state index contributed by atoms with van der Waals surface area (Å²) in [6.07, 6.45) is 1.49. The second kappa shape index (κ2) is 3.88. The van der Waals surface area contributed by atoms with Gasteiger partial charge in [-0.25, -0.2) is 4.98 Å². The van der Waals surface area contributed by atoms with Crippen LogP contribution >= 0.6 is 0 Å². The molecule has 0 aliphatic carbocycles. The van der Waals surface area contributed by atoms with Gasteiger partial charge in [-0.3, -0.25) is 0 Å². The van der Waals surface area contributed by atoms with Crippen molar-refractivity contribution in [3.05, 3.63) is 30.2 Å². The van der Waals surface area contributed by atoms with Crippen molar-refractivity contribution in [2.45, 2.75) is 6.04 Å². The lowest BCUT2D eigenvalue weighted by atomic mass is 9.88. The first-order chi connectivity index (χ1) is 7.88. The lowest BCUT2D eigenvalue weighted by Gasteiger charge is -2.34. The van der Waals surface area contributed by atoms with Gasteiger partial charge >= 0.3 is 0 Å². The second-order valence-electron chi connectivity index (χ2n) is 4.26. The van der Waals surface area contributed by atoms with Crippen LogP contribution in [0.1, 0.15) is 11.6 Å². The summed E-state index contributed by atoms with van der Waals surface area (Å²) in [5, 5.41) is 6.68. The molecule has 1 aromatic carbocycles. The first kappa shape index (κ1) is 9.81. The van der Waals surface area contributed by atoms with Gasteiger partial charge in [-0.15, -0.1) is 0 Å². The van der Waals surface area contributed by atoms with Crippen molar-refractivity contribution in [1.82, 2.24) is 15.6 Å². The lowest BCUT2D eigenvalue weighted by Crippen LogP contribution is -2.48. The number of nitrogens with one attached hydrogen (secondary N) is 2. The van der Waals surface area contributed by atoms with Gasteiger partial charge in [0.1, 0.15) is 5.52 Å². The minimum absolute atomic E-state index is 0.399. The van der Waals surface area contributed by atoms with Crippen molar-refractivity contribution in [1.29, 1.82) is 0 Å². The Bertz CT molecular complexity index is 490. The summed E-state index contributed by atoms with van der Waals surface area (Å²) in [6.45, 7) is 2.17. The quantitative estimate of drug-likeness (QED) is 0.814. The summed E-state index contributed by atoms with van der Waals surface area (Å²) >= 11 is 0. The molecule has 0 saturated carbocycles. The fourth-order valence-electron chi connectivity index (χ4n) is 2.29. The molecule has 0 bridgehead atoms. The van der Waals surface area contributed by atoms with Gasteiger partial charge in [0.15, 0.2) is 12.0 Å². The maximum atomic E-state index is 5.33.